The summed E-state index contributed by atoms with van der Waals surface area (Å²) in [5, 5.41) is 14.7. The highest BCUT2D eigenvalue weighted by atomic mass is 35.5. The van der Waals surface area contributed by atoms with E-state index in [2.05, 4.69) is 5.32 Å². The van der Waals surface area contributed by atoms with Gasteiger partial charge in [-0.05, 0) is 61.2 Å². The smallest absolute Gasteiger partial charge is 0.273 e. The van der Waals surface area contributed by atoms with E-state index >= 15 is 0 Å². The fraction of sp³-hybridized carbons (Fsp3) is 0.375. The highest BCUT2D eigenvalue weighted by molar-refractivity contribution is 7.92. The summed E-state index contributed by atoms with van der Waals surface area (Å²) in [4.78, 5) is 39.7. The van der Waals surface area contributed by atoms with Crippen molar-refractivity contribution in [2.45, 2.75) is 51.6 Å². The highest BCUT2D eigenvalue weighted by Crippen LogP contribution is 2.36. The Kier molecular flexibility index (Phi) is 12.4. The van der Waals surface area contributed by atoms with Crippen molar-refractivity contribution in [1.82, 2.24) is 10.2 Å². The Morgan fingerprint density at radius 2 is 1.70 bits per heavy atom. The van der Waals surface area contributed by atoms with Crippen LogP contribution in [0.15, 0.2) is 65.6 Å². The summed E-state index contributed by atoms with van der Waals surface area (Å²) >= 11 is 6.28. The number of carbonyl (C=O) groups is 2. The second-order valence-corrected chi connectivity index (χ2v) is 13.3. The van der Waals surface area contributed by atoms with E-state index in [0.29, 0.717) is 17.9 Å². The van der Waals surface area contributed by atoms with Gasteiger partial charge in [0.25, 0.3) is 15.7 Å². The van der Waals surface area contributed by atoms with Gasteiger partial charge in [-0.1, -0.05) is 50.6 Å². The van der Waals surface area contributed by atoms with Gasteiger partial charge < -0.3 is 19.7 Å². The molecule has 0 saturated heterocycles. The van der Waals surface area contributed by atoms with E-state index in [-0.39, 0.29) is 46.8 Å². The molecule has 0 aliphatic heterocycles. The number of aryl methyl sites for hydroxylation is 1. The van der Waals surface area contributed by atoms with Crippen LogP contribution in [0.3, 0.4) is 0 Å². The topological polar surface area (TPSA) is 148 Å². The van der Waals surface area contributed by atoms with E-state index in [1.807, 2.05) is 13.8 Å². The number of hydrogen-bond acceptors (Lipinski definition) is 8. The second-order valence-electron chi connectivity index (χ2n) is 11.0. The number of benzene rings is 3. The van der Waals surface area contributed by atoms with E-state index in [1.165, 1.54) is 56.4 Å². The van der Waals surface area contributed by atoms with Crippen molar-refractivity contribution in [1.29, 1.82) is 0 Å². The Hall–Kier alpha value is -4.36. The van der Waals surface area contributed by atoms with Crippen LogP contribution in [0.25, 0.3) is 0 Å². The number of nitrogens with zero attached hydrogens (tertiary/aromatic N) is 3. The van der Waals surface area contributed by atoms with Crippen molar-refractivity contribution in [3.05, 3.63) is 86.9 Å². The van der Waals surface area contributed by atoms with Crippen LogP contribution < -0.4 is 19.1 Å². The first-order valence-electron chi connectivity index (χ1n) is 14.5. The number of carbonyl (C=O) groups excluding carboxylic acids is 2. The number of rotatable bonds is 15. The van der Waals surface area contributed by atoms with Gasteiger partial charge in [0.1, 0.15) is 24.1 Å². The maximum absolute atomic E-state index is 14.3. The van der Waals surface area contributed by atoms with Crippen molar-refractivity contribution in [2.75, 3.05) is 31.6 Å². The zero-order valence-corrected chi connectivity index (χ0v) is 28.2. The number of nitro benzene ring substituents is 1. The molecule has 3 aromatic carbocycles. The van der Waals surface area contributed by atoms with Gasteiger partial charge in [0.05, 0.1) is 29.7 Å². The number of nitro groups is 1. The summed E-state index contributed by atoms with van der Waals surface area (Å²) in [6.45, 7) is 6.72. The lowest BCUT2D eigenvalue weighted by Crippen LogP contribution is -2.52. The molecular formula is C32H39ClN4O8S. The van der Waals surface area contributed by atoms with Crippen LogP contribution >= 0.6 is 11.6 Å². The monoisotopic (exact) mass is 674 g/mol. The number of nitrogens with one attached hydrogen (secondary N) is 1. The zero-order chi connectivity index (χ0) is 34.2. The Bertz CT molecular complexity index is 1670. The maximum atomic E-state index is 14.3. The molecule has 0 fully saturated rings. The molecule has 0 heterocycles. The van der Waals surface area contributed by atoms with Gasteiger partial charge in [-0.25, -0.2) is 8.42 Å². The van der Waals surface area contributed by atoms with Crippen molar-refractivity contribution >= 4 is 44.8 Å². The van der Waals surface area contributed by atoms with E-state index < -0.39 is 44.0 Å². The van der Waals surface area contributed by atoms with Gasteiger partial charge in [0.2, 0.25) is 11.8 Å². The lowest BCUT2D eigenvalue weighted by Gasteiger charge is -2.33. The van der Waals surface area contributed by atoms with Gasteiger partial charge in [0, 0.05) is 29.7 Å². The highest BCUT2D eigenvalue weighted by Gasteiger charge is 2.35. The van der Waals surface area contributed by atoms with Crippen LogP contribution in [0.1, 0.15) is 38.3 Å². The van der Waals surface area contributed by atoms with Crippen LogP contribution in [0.2, 0.25) is 5.02 Å². The summed E-state index contributed by atoms with van der Waals surface area (Å²) < 4.78 is 40.0. The number of methoxy groups -OCH3 is 2. The number of anilines is 1. The average Bonchev–Trinajstić information content (AvgIpc) is 3.02. The molecule has 3 rings (SSSR count). The quantitative estimate of drug-likeness (QED) is 0.168. The number of ether oxygens (including phenoxy) is 2. The normalized spacial score (nSPS) is 11.9. The number of sulfonamides is 1. The van der Waals surface area contributed by atoms with Gasteiger partial charge in [-0.3, -0.25) is 24.0 Å². The zero-order valence-electron chi connectivity index (χ0n) is 26.7. The first-order chi connectivity index (χ1) is 21.7. The summed E-state index contributed by atoms with van der Waals surface area (Å²) in [6.07, 6.45) is 0.239. The number of hydrogen-bond donors (Lipinski definition) is 1. The predicted molar refractivity (Wildman–Crippen MR) is 176 cm³/mol. The second kappa shape index (κ2) is 15.8. The summed E-state index contributed by atoms with van der Waals surface area (Å²) in [5.74, 6) is -0.245. The fourth-order valence-corrected chi connectivity index (χ4v) is 6.32. The third-order valence-electron chi connectivity index (χ3n) is 7.24. The van der Waals surface area contributed by atoms with Crippen LogP contribution in [0, 0.1) is 23.0 Å². The van der Waals surface area contributed by atoms with Crippen molar-refractivity contribution in [3.8, 4) is 11.5 Å². The largest absolute Gasteiger partial charge is 0.497 e. The SMILES string of the molecule is CC[C@@H](C(=O)NCC(C)C)N(Cc1ccc(OC)cc1)C(=O)CN(c1cc(Cl)ccc1OC)S(=O)(=O)c1ccc(C)c([N+](=O)[O-])c1. The molecule has 1 atom stereocenters. The van der Waals surface area contributed by atoms with E-state index in [4.69, 9.17) is 21.1 Å². The summed E-state index contributed by atoms with van der Waals surface area (Å²) in [6, 6.07) is 13.8. The molecule has 0 aliphatic rings. The molecule has 0 unspecified atom stereocenters. The first-order valence-corrected chi connectivity index (χ1v) is 16.4. The molecule has 0 saturated carbocycles. The Labute approximate surface area is 274 Å². The third kappa shape index (κ3) is 8.67. The molecule has 12 nitrogen and oxygen atoms in total. The third-order valence-corrected chi connectivity index (χ3v) is 9.23. The van der Waals surface area contributed by atoms with Crippen LogP contribution in [-0.2, 0) is 26.2 Å². The Balaban J connectivity index is 2.17. The lowest BCUT2D eigenvalue weighted by molar-refractivity contribution is -0.385. The summed E-state index contributed by atoms with van der Waals surface area (Å²) in [7, 11) is -1.78. The molecule has 0 spiro atoms. The van der Waals surface area contributed by atoms with Crippen LogP contribution in [0.4, 0.5) is 11.4 Å². The van der Waals surface area contributed by atoms with E-state index in [9.17, 15) is 28.1 Å². The molecule has 0 aromatic heterocycles. The molecule has 46 heavy (non-hydrogen) atoms. The molecule has 14 heteroatoms. The lowest BCUT2D eigenvalue weighted by atomic mass is 10.1. The van der Waals surface area contributed by atoms with Crippen molar-refractivity contribution in [2.24, 2.45) is 5.92 Å². The molecule has 0 radical (unpaired) electrons. The minimum Gasteiger partial charge on any atom is -0.497 e. The predicted octanol–water partition coefficient (Wildman–Crippen LogP) is 5.35. The number of amides is 2. The molecular weight excluding hydrogens is 636 g/mol. The minimum absolute atomic E-state index is 0.0208. The first kappa shape index (κ1) is 36.1. The molecule has 0 aliphatic carbocycles. The van der Waals surface area contributed by atoms with Gasteiger partial charge in [0.15, 0.2) is 0 Å². The fourth-order valence-electron chi connectivity index (χ4n) is 4.71. The molecule has 248 valence electrons. The molecule has 2 amide bonds. The molecule has 0 bridgehead atoms. The Morgan fingerprint density at radius 3 is 2.26 bits per heavy atom. The van der Waals surface area contributed by atoms with Gasteiger partial charge in [-0.2, -0.15) is 0 Å². The molecule has 3 aromatic rings. The van der Waals surface area contributed by atoms with E-state index in [1.54, 1.807) is 31.2 Å². The van der Waals surface area contributed by atoms with Gasteiger partial charge >= 0.3 is 0 Å². The van der Waals surface area contributed by atoms with Gasteiger partial charge in [-0.15, -0.1) is 0 Å². The summed E-state index contributed by atoms with van der Waals surface area (Å²) in [5.41, 5.74) is 0.469. The van der Waals surface area contributed by atoms with Crippen LogP contribution in [-0.4, -0.2) is 63.4 Å². The van der Waals surface area contributed by atoms with Crippen molar-refractivity contribution in [3.63, 3.8) is 0 Å². The Morgan fingerprint density at radius 1 is 1.02 bits per heavy atom. The van der Waals surface area contributed by atoms with Crippen LogP contribution in [0.5, 0.6) is 11.5 Å². The maximum Gasteiger partial charge on any atom is 0.273 e. The average molecular weight is 675 g/mol. The molecule has 1 N–H and O–H groups in total. The minimum atomic E-state index is -4.64. The standard InChI is InChI=1S/C32H39ClN4O8S/c1-7-27(32(39)34-18-21(2)3)35(19-23-9-12-25(44-5)13-10-23)31(38)20-36(29-16-24(33)11-15-30(29)45-6)46(42,43)26-14-8-22(4)28(17-26)37(40)41/h8-17,21,27H,7,18-20H2,1-6H3,(H,34,39)/t27-/m0/s1. The van der Waals surface area contributed by atoms with E-state index in [0.717, 1.165) is 10.4 Å². The number of halogens is 1. The van der Waals surface area contributed by atoms with Crippen molar-refractivity contribution < 1.29 is 32.4 Å².